The van der Waals surface area contributed by atoms with E-state index in [-0.39, 0.29) is 55.4 Å². The molecular weight excluding hydrogens is 674 g/mol. The fourth-order valence-electron chi connectivity index (χ4n) is 4.11. The van der Waals surface area contributed by atoms with Gasteiger partial charge in [0.05, 0.1) is 22.7 Å². The quantitative estimate of drug-likeness (QED) is 0.0526. The van der Waals surface area contributed by atoms with Gasteiger partial charge in [-0.25, -0.2) is 4.79 Å². The number of hydrogen-bond acceptors (Lipinski definition) is 11. The SMILES string of the molecule is C=CC(=O)OCCOC(=O)C(C)(C)CC.CCC(C)(C)C(=O)Nc1ccc(O)cc1.CCC(C)(C)C(=O)OCCOC(=O)C1CCCCC1C(=O)O. The molecule has 1 aliphatic carbocycles. The van der Waals surface area contributed by atoms with Gasteiger partial charge in [0.25, 0.3) is 0 Å². The fraction of sp³-hybridized carbons (Fsp3) is 0.641. The van der Waals surface area contributed by atoms with Gasteiger partial charge in [0.2, 0.25) is 5.91 Å². The highest BCUT2D eigenvalue weighted by Gasteiger charge is 2.37. The van der Waals surface area contributed by atoms with Crippen molar-refractivity contribution in [3.63, 3.8) is 0 Å². The molecule has 13 heteroatoms. The second-order valence-electron chi connectivity index (χ2n) is 14.4. The van der Waals surface area contributed by atoms with Crippen LogP contribution in [-0.2, 0) is 47.7 Å². The number of phenolic OH excluding ortho intramolecular Hbond substituents is 1. The van der Waals surface area contributed by atoms with Crippen LogP contribution < -0.4 is 5.32 Å². The number of anilines is 1. The molecule has 1 saturated carbocycles. The van der Waals surface area contributed by atoms with Crippen LogP contribution in [0.25, 0.3) is 0 Å². The van der Waals surface area contributed by atoms with Crippen LogP contribution in [0.5, 0.6) is 5.75 Å². The van der Waals surface area contributed by atoms with E-state index in [2.05, 4.69) is 16.6 Å². The third kappa shape index (κ3) is 17.7. The summed E-state index contributed by atoms with van der Waals surface area (Å²) in [5.74, 6) is -3.63. The second kappa shape index (κ2) is 23.2. The number of hydrogen-bond donors (Lipinski definition) is 3. The first kappa shape index (κ1) is 47.6. The normalized spacial score (nSPS) is 15.6. The van der Waals surface area contributed by atoms with Gasteiger partial charge in [0, 0.05) is 17.2 Å². The summed E-state index contributed by atoms with van der Waals surface area (Å²) in [6, 6.07) is 6.46. The number of esters is 4. The van der Waals surface area contributed by atoms with E-state index in [1.165, 1.54) is 0 Å². The molecule has 2 atom stereocenters. The number of rotatable bonds is 16. The summed E-state index contributed by atoms with van der Waals surface area (Å²) in [5.41, 5.74) is -0.693. The topological polar surface area (TPSA) is 192 Å². The summed E-state index contributed by atoms with van der Waals surface area (Å²) < 4.78 is 19.8. The number of carboxylic acids is 1. The molecule has 1 aromatic rings. The van der Waals surface area contributed by atoms with Crippen LogP contribution in [0.1, 0.15) is 107 Å². The number of carboxylic acid groups (broad SMARTS) is 1. The molecule has 0 heterocycles. The molecule has 1 aromatic carbocycles. The Labute approximate surface area is 308 Å². The second-order valence-corrected chi connectivity index (χ2v) is 14.4. The zero-order chi connectivity index (χ0) is 40.1. The van der Waals surface area contributed by atoms with Crippen molar-refractivity contribution in [3.05, 3.63) is 36.9 Å². The molecule has 13 nitrogen and oxygen atoms in total. The van der Waals surface area contributed by atoms with Crippen molar-refractivity contribution in [2.45, 2.75) is 107 Å². The molecule has 1 amide bonds. The Kier molecular flexibility index (Phi) is 21.2. The Morgan fingerprint density at radius 3 is 1.56 bits per heavy atom. The molecular formula is C39H61NO12. The minimum Gasteiger partial charge on any atom is -0.508 e. The van der Waals surface area contributed by atoms with Crippen molar-refractivity contribution in [1.29, 1.82) is 0 Å². The molecule has 1 fully saturated rings. The molecule has 0 radical (unpaired) electrons. The Balaban J connectivity index is 0.000000774. The third-order valence-corrected chi connectivity index (χ3v) is 9.17. The van der Waals surface area contributed by atoms with E-state index in [4.69, 9.17) is 24.4 Å². The van der Waals surface area contributed by atoms with Crippen molar-refractivity contribution in [3.8, 4) is 5.75 Å². The van der Waals surface area contributed by atoms with Gasteiger partial charge < -0.3 is 34.5 Å². The minimum atomic E-state index is -0.947. The number of aromatic hydroxyl groups is 1. The summed E-state index contributed by atoms with van der Waals surface area (Å²) in [7, 11) is 0. The Morgan fingerprint density at radius 2 is 1.13 bits per heavy atom. The van der Waals surface area contributed by atoms with Crippen LogP contribution in [0.2, 0.25) is 0 Å². The molecule has 0 aliphatic heterocycles. The van der Waals surface area contributed by atoms with Gasteiger partial charge in [-0.2, -0.15) is 0 Å². The third-order valence-electron chi connectivity index (χ3n) is 9.17. The Hall–Kier alpha value is -4.42. The predicted octanol–water partition coefficient (Wildman–Crippen LogP) is 6.86. The molecule has 2 rings (SSSR count). The summed E-state index contributed by atoms with van der Waals surface area (Å²) >= 11 is 0. The highest BCUT2D eigenvalue weighted by Crippen LogP contribution is 2.31. The molecule has 2 unspecified atom stereocenters. The number of aliphatic carboxylic acids is 1. The maximum atomic E-state index is 12.0. The number of amides is 1. The van der Waals surface area contributed by atoms with E-state index in [1.807, 2.05) is 48.5 Å². The Morgan fingerprint density at radius 1 is 0.712 bits per heavy atom. The lowest BCUT2D eigenvalue weighted by atomic mass is 9.79. The maximum Gasteiger partial charge on any atom is 0.330 e. The van der Waals surface area contributed by atoms with Crippen molar-refractivity contribution < 1.29 is 57.9 Å². The maximum absolute atomic E-state index is 12.0. The predicted molar refractivity (Wildman–Crippen MR) is 196 cm³/mol. The molecule has 0 spiro atoms. The van der Waals surface area contributed by atoms with Crippen LogP contribution in [0.15, 0.2) is 36.9 Å². The van der Waals surface area contributed by atoms with Gasteiger partial charge in [-0.05, 0) is 84.1 Å². The lowest BCUT2D eigenvalue weighted by Crippen LogP contribution is -2.34. The van der Waals surface area contributed by atoms with E-state index in [0.29, 0.717) is 31.4 Å². The van der Waals surface area contributed by atoms with E-state index in [1.54, 1.807) is 38.1 Å². The fourth-order valence-corrected chi connectivity index (χ4v) is 4.11. The molecule has 1 aliphatic rings. The lowest BCUT2D eigenvalue weighted by molar-refractivity contribution is -0.164. The van der Waals surface area contributed by atoms with Crippen molar-refractivity contribution >= 4 is 41.4 Å². The number of ether oxygens (including phenoxy) is 4. The highest BCUT2D eigenvalue weighted by atomic mass is 16.6. The van der Waals surface area contributed by atoms with E-state index in [0.717, 1.165) is 25.3 Å². The molecule has 0 aromatic heterocycles. The van der Waals surface area contributed by atoms with Crippen LogP contribution in [0.4, 0.5) is 5.69 Å². The van der Waals surface area contributed by atoms with E-state index in [9.17, 15) is 28.8 Å². The van der Waals surface area contributed by atoms with Crippen molar-refractivity contribution in [2.24, 2.45) is 28.1 Å². The van der Waals surface area contributed by atoms with Crippen LogP contribution in [-0.4, -0.2) is 72.4 Å². The molecule has 3 N–H and O–H groups in total. The van der Waals surface area contributed by atoms with Gasteiger partial charge in [-0.3, -0.25) is 24.0 Å². The van der Waals surface area contributed by atoms with Crippen LogP contribution >= 0.6 is 0 Å². The van der Waals surface area contributed by atoms with Gasteiger partial charge in [0.15, 0.2) is 0 Å². The van der Waals surface area contributed by atoms with Gasteiger partial charge in [-0.1, -0.05) is 54.0 Å². The molecule has 52 heavy (non-hydrogen) atoms. The molecule has 294 valence electrons. The van der Waals surface area contributed by atoms with Crippen LogP contribution in [0.3, 0.4) is 0 Å². The van der Waals surface area contributed by atoms with Gasteiger partial charge in [-0.15, -0.1) is 0 Å². The number of carbonyl (C=O) groups is 6. The van der Waals surface area contributed by atoms with Crippen LogP contribution in [0, 0.1) is 28.1 Å². The largest absolute Gasteiger partial charge is 0.508 e. The summed E-state index contributed by atoms with van der Waals surface area (Å²) in [5, 5.41) is 21.0. The summed E-state index contributed by atoms with van der Waals surface area (Å²) in [4.78, 5) is 68.7. The summed E-state index contributed by atoms with van der Waals surface area (Å²) in [6.07, 6.45) is 5.93. The minimum absolute atomic E-state index is 0.00153. The molecule has 0 bridgehead atoms. The average molecular weight is 736 g/mol. The van der Waals surface area contributed by atoms with Gasteiger partial charge in [0.1, 0.15) is 32.2 Å². The average Bonchev–Trinajstić information content (AvgIpc) is 3.12. The first-order valence-corrected chi connectivity index (χ1v) is 17.8. The monoisotopic (exact) mass is 735 g/mol. The first-order valence-electron chi connectivity index (χ1n) is 17.8. The van der Waals surface area contributed by atoms with E-state index >= 15 is 0 Å². The standard InChI is InChI=1S/C16H26O6.C12H17NO2.C11H18O4/c1-4-16(2,3)15(20)22-10-9-21-14(19)12-8-6-5-7-11(12)13(17)18;1-4-12(2,3)11(15)13-9-5-7-10(14)8-6-9;1-5-9(12)14-7-8-15-10(13)11(3,4)6-2/h11-12H,4-10H2,1-3H3,(H,17,18);5-8,14H,4H2,1-3H3,(H,13,15);5H,1,6-8H2,2-4H3. The van der Waals surface area contributed by atoms with Crippen molar-refractivity contribution in [2.75, 3.05) is 31.7 Å². The first-order chi connectivity index (χ1) is 24.2. The van der Waals surface area contributed by atoms with E-state index < -0.39 is 40.6 Å². The number of phenols is 1. The number of carbonyl (C=O) groups excluding carboxylic acids is 5. The Bertz CT molecular complexity index is 1320. The van der Waals surface area contributed by atoms with Crippen molar-refractivity contribution in [1.82, 2.24) is 0 Å². The zero-order valence-electron chi connectivity index (χ0n) is 32.5. The highest BCUT2D eigenvalue weighted by molar-refractivity contribution is 5.94. The van der Waals surface area contributed by atoms with Gasteiger partial charge >= 0.3 is 29.8 Å². The zero-order valence-corrected chi connectivity index (χ0v) is 32.5. The smallest absolute Gasteiger partial charge is 0.330 e. The lowest BCUT2D eigenvalue weighted by Gasteiger charge is -2.26. The molecule has 0 saturated heterocycles. The number of nitrogens with one attached hydrogen (secondary N) is 1. The summed E-state index contributed by atoms with van der Waals surface area (Å²) in [6.45, 7) is 20.2. The number of benzene rings is 1.